The molecule has 0 saturated heterocycles. The van der Waals surface area contributed by atoms with Crippen molar-refractivity contribution in [2.45, 2.75) is 90.1 Å². The number of hydrogen-bond acceptors (Lipinski definition) is 3. The number of unbranched alkanes of at least 4 members (excludes halogenated alkanes) is 2. The van der Waals surface area contributed by atoms with Crippen LogP contribution in [0.15, 0.2) is 30.3 Å². The SMILES string of the molecule is CCCCCC(CCC)C(C#N)(C[C@H](CCC)OC[S+](C)[O-])c1ccccc1. The van der Waals surface area contributed by atoms with Crippen LogP contribution in [0.25, 0.3) is 0 Å². The predicted octanol–water partition coefficient (Wildman–Crippen LogP) is 6.36. The average molecular weight is 406 g/mol. The zero-order chi connectivity index (χ0) is 20.8. The van der Waals surface area contributed by atoms with E-state index in [1.54, 1.807) is 6.26 Å². The molecule has 0 aliphatic rings. The highest BCUT2D eigenvalue weighted by Crippen LogP contribution is 2.43. The molecular formula is C24H39NO2S. The first-order valence-corrected chi connectivity index (χ1v) is 12.6. The first-order chi connectivity index (χ1) is 13.5. The van der Waals surface area contributed by atoms with Gasteiger partial charge in [-0.15, -0.1) is 0 Å². The Balaban J connectivity index is 3.25. The predicted molar refractivity (Wildman–Crippen MR) is 120 cm³/mol. The van der Waals surface area contributed by atoms with Crippen LogP contribution in [0.5, 0.6) is 0 Å². The smallest absolute Gasteiger partial charge is 0.205 e. The summed E-state index contributed by atoms with van der Waals surface area (Å²) < 4.78 is 17.6. The monoisotopic (exact) mass is 405 g/mol. The molecule has 0 saturated carbocycles. The normalized spacial score (nSPS) is 16.7. The van der Waals surface area contributed by atoms with Gasteiger partial charge in [-0.05, 0) is 48.3 Å². The standard InChI is InChI=1S/C24H39NO2S/c1-5-8-10-15-21(13-6-2)24(19-25,22-16-11-9-12-17-22)18-23(14-7-3)27-20-28(4)26/h9,11-12,16-17,21,23H,5-8,10,13-15,18,20H2,1-4H3/t21?,23-,24?,28?/m0/s1. The van der Waals surface area contributed by atoms with Gasteiger partial charge in [0.15, 0.2) is 0 Å². The molecule has 0 aliphatic heterocycles. The Kier molecular flexibility index (Phi) is 12.5. The van der Waals surface area contributed by atoms with Crippen LogP contribution in [0, 0.1) is 17.2 Å². The van der Waals surface area contributed by atoms with E-state index < -0.39 is 16.6 Å². The molecule has 0 fully saturated rings. The molecule has 3 unspecified atom stereocenters. The Morgan fingerprint density at radius 2 is 1.71 bits per heavy atom. The largest absolute Gasteiger partial charge is 0.615 e. The number of rotatable bonds is 15. The molecule has 1 aromatic rings. The molecule has 4 atom stereocenters. The highest BCUT2D eigenvalue weighted by atomic mass is 32.2. The zero-order valence-corrected chi connectivity index (χ0v) is 19.1. The molecule has 0 spiro atoms. The fourth-order valence-corrected chi connectivity index (χ4v) is 4.59. The fraction of sp³-hybridized carbons (Fsp3) is 0.708. The molecule has 1 aromatic carbocycles. The third-order valence-corrected chi connectivity index (χ3v) is 6.08. The van der Waals surface area contributed by atoms with Crippen molar-refractivity contribution in [1.82, 2.24) is 0 Å². The molecule has 0 aliphatic carbocycles. The topological polar surface area (TPSA) is 56.1 Å². The Morgan fingerprint density at radius 1 is 1.04 bits per heavy atom. The highest BCUT2D eigenvalue weighted by molar-refractivity contribution is 7.90. The van der Waals surface area contributed by atoms with Gasteiger partial charge in [-0.1, -0.05) is 83.2 Å². The number of hydrogen-bond donors (Lipinski definition) is 0. The van der Waals surface area contributed by atoms with Crippen molar-refractivity contribution in [3.63, 3.8) is 0 Å². The number of ether oxygens (including phenoxy) is 1. The fourth-order valence-electron chi connectivity index (χ4n) is 4.20. The van der Waals surface area contributed by atoms with Gasteiger partial charge in [-0.3, -0.25) is 0 Å². The first-order valence-electron chi connectivity index (χ1n) is 10.9. The minimum Gasteiger partial charge on any atom is -0.615 e. The van der Waals surface area contributed by atoms with Gasteiger partial charge in [0, 0.05) is 0 Å². The van der Waals surface area contributed by atoms with E-state index in [0.29, 0.717) is 12.3 Å². The van der Waals surface area contributed by atoms with Gasteiger partial charge < -0.3 is 9.29 Å². The van der Waals surface area contributed by atoms with Crippen LogP contribution in [-0.4, -0.2) is 22.9 Å². The van der Waals surface area contributed by atoms with Gasteiger partial charge >= 0.3 is 0 Å². The van der Waals surface area contributed by atoms with Crippen molar-refractivity contribution in [1.29, 1.82) is 5.26 Å². The van der Waals surface area contributed by atoms with Crippen LogP contribution in [0.1, 0.15) is 84.1 Å². The minimum atomic E-state index is -0.990. The number of nitriles is 1. The van der Waals surface area contributed by atoms with Gasteiger partial charge in [0.1, 0.15) is 0 Å². The van der Waals surface area contributed by atoms with Crippen molar-refractivity contribution >= 4 is 11.2 Å². The maximum atomic E-state index is 11.6. The molecule has 3 nitrogen and oxygen atoms in total. The molecule has 0 heterocycles. The van der Waals surface area contributed by atoms with Crippen LogP contribution in [0.3, 0.4) is 0 Å². The lowest BCUT2D eigenvalue weighted by Gasteiger charge is -2.38. The summed E-state index contributed by atoms with van der Waals surface area (Å²) in [5, 5.41) is 10.5. The molecule has 1 rings (SSSR count). The van der Waals surface area contributed by atoms with E-state index in [1.165, 1.54) is 12.8 Å². The summed E-state index contributed by atoms with van der Waals surface area (Å²) in [5.74, 6) is 0.557. The third kappa shape index (κ3) is 7.78. The lowest BCUT2D eigenvalue weighted by molar-refractivity contribution is 0.0479. The van der Waals surface area contributed by atoms with E-state index in [4.69, 9.17) is 4.74 Å². The molecular weight excluding hydrogens is 366 g/mol. The average Bonchev–Trinajstić information content (AvgIpc) is 2.70. The molecule has 158 valence electrons. The Hall–Kier alpha value is -1.02. The third-order valence-electron chi connectivity index (χ3n) is 5.61. The Bertz CT molecular complexity index is 557. The van der Waals surface area contributed by atoms with Gasteiger partial charge in [-0.25, -0.2) is 0 Å². The number of nitrogens with zero attached hydrogens (tertiary/aromatic N) is 1. The van der Waals surface area contributed by atoms with E-state index in [-0.39, 0.29) is 12.0 Å². The maximum Gasteiger partial charge on any atom is 0.205 e. The summed E-state index contributed by atoms with van der Waals surface area (Å²) in [7, 11) is 0. The van der Waals surface area contributed by atoms with Crippen molar-refractivity contribution in [3.05, 3.63) is 35.9 Å². The van der Waals surface area contributed by atoms with Crippen LogP contribution in [0.2, 0.25) is 0 Å². The van der Waals surface area contributed by atoms with Crippen molar-refractivity contribution in [2.75, 3.05) is 12.2 Å². The van der Waals surface area contributed by atoms with E-state index in [2.05, 4.69) is 39.0 Å². The highest BCUT2D eigenvalue weighted by Gasteiger charge is 2.42. The quantitative estimate of drug-likeness (QED) is 0.252. The molecule has 0 aromatic heterocycles. The lowest BCUT2D eigenvalue weighted by atomic mass is 9.64. The van der Waals surface area contributed by atoms with Crippen LogP contribution in [0.4, 0.5) is 0 Å². The Labute approximate surface area is 176 Å². The summed E-state index contributed by atoms with van der Waals surface area (Å²) in [4.78, 5) is 0. The molecule has 4 heteroatoms. The summed E-state index contributed by atoms with van der Waals surface area (Å²) in [6, 6.07) is 13.1. The van der Waals surface area contributed by atoms with Crippen molar-refractivity contribution in [3.8, 4) is 6.07 Å². The van der Waals surface area contributed by atoms with Crippen molar-refractivity contribution in [2.24, 2.45) is 5.92 Å². The van der Waals surface area contributed by atoms with Gasteiger partial charge in [-0.2, -0.15) is 5.26 Å². The summed E-state index contributed by atoms with van der Waals surface area (Å²) in [6.45, 7) is 6.57. The second kappa shape index (κ2) is 14.0. The first kappa shape index (κ1) is 25.0. The second-order valence-electron chi connectivity index (χ2n) is 7.90. The number of benzene rings is 1. The maximum absolute atomic E-state index is 11.6. The van der Waals surface area contributed by atoms with Crippen LogP contribution >= 0.6 is 0 Å². The van der Waals surface area contributed by atoms with Gasteiger partial charge in [0.2, 0.25) is 5.94 Å². The molecule has 0 amide bonds. The van der Waals surface area contributed by atoms with E-state index in [0.717, 1.165) is 44.1 Å². The lowest BCUT2D eigenvalue weighted by Crippen LogP contribution is -2.39. The summed E-state index contributed by atoms with van der Waals surface area (Å²) >= 11 is -0.990. The Morgan fingerprint density at radius 3 is 2.25 bits per heavy atom. The molecule has 0 bridgehead atoms. The van der Waals surface area contributed by atoms with E-state index in [9.17, 15) is 9.81 Å². The van der Waals surface area contributed by atoms with Gasteiger partial charge in [0.05, 0.1) is 23.8 Å². The second-order valence-corrected chi connectivity index (χ2v) is 9.29. The zero-order valence-electron chi connectivity index (χ0n) is 18.3. The molecule has 0 N–H and O–H groups in total. The van der Waals surface area contributed by atoms with Gasteiger partial charge in [0.25, 0.3) is 0 Å². The van der Waals surface area contributed by atoms with E-state index >= 15 is 0 Å². The minimum absolute atomic E-state index is 0.0423. The molecule has 0 radical (unpaired) electrons. The summed E-state index contributed by atoms with van der Waals surface area (Å²) in [5.41, 5.74) is 0.551. The molecule has 28 heavy (non-hydrogen) atoms. The van der Waals surface area contributed by atoms with Crippen molar-refractivity contribution < 1.29 is 9.29 Å². The van der Waals surface area contributed by atoms with E-state index in [1.807, 2.05) is 18.2 Å². The van der Waals surface area contributed by atoms with Crippen LogP contribution < -0.4 is 0 Å². The summed E-state index contributed by atoms with van der Waals surface area (Å²) in [6.07, 6.45) is 10.9. The van der Waals surface area contributed by atoms with Crippen LogP contribution in [-0.2, 0) is 21.3 Å².